The molecule has 3 heterocycles. The van der Waals surface area contributed by atoms with Crippen molar-refractivity contribution >= 4 is 40.5 Å². The summed E-state index contributed by atoms with van der Waals surface area (Å²) >= 11 is 5.85. The van der Waals surface area contributed by atoms with Gasteiger partial charge in [0.25, 0.3) is 5.60 Å². The average molecular weight is 524 g/mol. The minimum Gasteiger partial charge on any atom is -0.479 e. The first-order chi connectivity index (χ1) is 17.1. The molecular formula is C21H22ClN5O9. The molecule has 1 saturated heterocycles. The monoisotopic (exact) mass is 523 g/mol. The number of nitrogens with zero attached hydrogens (tertiary/aromatic N) is 4. The molecule has 4 rings (SSSR count). The van der Waals surface area contributed by atoms with Crippen LogP contribution in [-0.2, 0) is 30.4 Å². The van der Waals surface area contributed by atoms with Crippen LogP contribution < -0.4 is 5.73 Å². The van der Waals surface area contributed by atoms with E-state index >= 15 is 0 Å². The Morgan fingerprint density at radius 1 is 1.14 bits per heavy atom. The Hall–Kier alpha value is -3.40. The van der Waals surface area contributed by atoms with Gasteiger partial charge in [-0.25, -0.2) is 14.6 Å². The maximum atomic E-state index is 11.9. The third-order valence-electron chi connectivity index (χ3n) is 5.63. The van der Waals surface area contributed by atoms with Crippen molar-refractivity contribution in [3.8, 4) is 0 Å². The van der Waals surface area contributed by atoms with Gasteiger partial charge in [-0.2, -0.15) is 9.97 Å². The van der Waals surface area contributed by atoms with Gasteiger partial charge in [-0.1, -0.05) is 30.3 Å². The summed E-state index contributed by atoms with van der Waals surface area (Å²) in [6.45, 7) is -1.59. The number of imidazole rings is 1. The number of carbonyl (C=O) groups is 2. The van der Waals surface area contributed by atoms with Crippen LogP contribution in [0, 0.1) is 0 Å². The van der Waals surface area contributed by atoms with E-state index in [-0.39, 0.29) is 28.9 Å². The molecule has 192 valence electrons. The molecule has 1 fully saturated rings. The second kappa shape index (κ2) is 10.3. The van der Waals surface area contributed by atoms with Crippen LogP contribution in [0.4, 0.5) is 5.82 Å². The molecule has 14 nitrogen and oxygen atoms in total. The predicted molar refractivity (Wildman–Crippen MR) is 121 cm³/mol. The van der Waals surface area contributed by atoms with E-state index in [1.54, 1.807) is 30.3 Å². The quantitative estimate of drug-likeness (QED) is 0.172. The van der Waals surface area contributed by atoms with E-state index in [0.29, 0.717) is 5.56 Å². The van der Waals surface area contributed by atoms with Gasteiger partial charge in [-0.05, 0) is 17.2 Å². The number of aliphatic hydroxyl groups excluding tert-OH is 2. The molecule has 1 aliphatic heterocycles. The van der Waals surface area contributed by atoms with Crippen LogP contribution in [0.1, 0.15) is 11.8 Å². The van der Waals surface area contributed by atoms with Crippen LogP contribution in [0.2, 0.25) is 5.28 Å². The van der Waals surface area contributed by atoms with Crippen molar-refractivity contribution in [1.29, 1.82) is 0 Å². The van der Waals surface area contributed by atoms with Gasteiger partial charge in [0.15, 0.2) is 17.7 Å². The molecule has 0 saturated carbocycles. The Bertz CT molecular complexity index is 1240. The Kier molecular flexibility index (Phi) is 7.35. The Labute approximate surface area is 207 Å². The first-order valence-electron chi connectivity index (χ1n) is 10.5. The zero-order valence-corrected chi connectivity index (χ0v) is 19.2. The molecule has 0 amide bonds. The molecule has 0 bridgehead atoms. The van der Waals surface area contributed by atoms with E-state index in [2.05, 4.69) is 15.0 Å². The highest BCUT2D eigenvalue weighted by molar-refractivity contribution is 6.28. The SMILES string of the molecule is Nc1nc(Cl)nc2c1ncn2[C@@H]1O[C@H](COC(COCc2ccccc2)(C(=O)O)C(=O)O)[C@H](O)[C@H]1O. The number of carboxylic acid groups (broad SMARTS) is 2. The average Bonchev–Trinajstić information content (AvgIpc) is 3.37. The van der Waals surface area contributed by atoms with Crippen molar-refractivity contribution in [2.45, 2.75) is 36.7 Å². The molecule has 4 atom stereocenters. The van der Waals surface area contributed by atoms with Crippen LogP contribution >= 0.6 is 11.6 Å². The first kappa shape index (κ1) is 25.7. The summed E-state index contributed by atoms with van der Waals surface area (Å²) in [4.78, 5) is 35.7. The lowest BCUT2D eigenvalue weighted by atomic mass is 10.1. The van der Waals surface area contributed by atoms with Crippen molar-refractivity contribution < 1.29 is 44.2 Å². The molecule has 0 aliphatic carbocycles. The fourth-order valence-corrected chi connectivity index (χ4v) is 3.86. The van der Waals surface area contributed by atoms with Crippen molar-refractivity contribution in [3.05, 3.63) is 47.5 Å². The number of fused-ring (bicyclic) bond motifs is 1. The molecule has 3 aromatic rings. The lowest BCUT2D eigenvalue weighted by Crippen LogP contribution is -2.54. The summed E-state index contributed by atoms with van der Waals surface area (Å²) < 4.78 is 17.5. The number of nitrogens with two attached hydrogens (primary N) is 1. The summed E-state index contributed by atoms with van der Waals surface area (Å²) in [6.07, 6.45) is -4.44. The summed E-state index contributed by atoms with van der Waals surface area (Å²) in [5.74, 6) is -3.63. The molecule has 15 heteroatoms. The zero-order chi connectivity index (χ0) is 26.0. The minimum absolute atomic E-state index is 0.0140. The van der Waals surface area contributed by atoms with E-state index in [9.17, 15) is 30.0 Å². The highest BCUT2D eigenvalue weighted by atomic mass is 35.5. The van der Waals surface area contributed by atoms with E-state index < -0.39 is 55.3 Å². The van der Waals surface area contributed by atoms with E-state index in [1.165, 1.54) is 10.9 Å². The highest BCUT2D eigenvalue weighted by Crippen LogP contribution is 2.33. The minimum atomic E-state index is -2.79. The van der Waals surface area contributed by atoms with Gasteiger partial charge in [0, 0.05) is 0 Å². The molecule has 1 aromatic carbocycles. The topological polar surface area (TPSA) is 212 Å². The molecule has 6 N–H and O–H groups in total. The fourth-order valence-electron chi connectivity index (χ4n) is 3.68. The Morgan fingerprint density at radius 3 is 2.50 bits per heavy atom. The van der Waals surface area contributed by atoms with Gasteiger partial charge in [0.2, 0.25) is 5.28 Å². The number of aromatic nitrogens is 4. The van der Waals surface area contributed by atoms with Crippen LogP contribution in [0.25, 0.3) is 11.2 Å². The third-order valence-corrected chi connectivity index (χ3v) is 5.80. The summed E-state index contributed by atoms with van der Waals surface area (Å²) in [5, 5.41) is 40.2. The third kappa shape index (κ3) is 4.82. The molecule has 0 unspecified atom stereocenters. The number of rotatable bonds is 10. The smallest absolute Gasteiger partial charge is 0.350 e. The number of ether oxygens (including phenoxy) is 3. The number of hydrogen-bond donors (Lipinski definition) is 5. The number of benzene rings is 1. The fraction of sp³-hybridized carbons (Fsp3) is 0.381. The predicted octanol–water partition coefficient (Wildman–Crippen LogP) is -0.177. The van der Waals surface area contributed by atoms with Crippen molar-refractivity contribution in [2.24, 2.45) is 0 Å². The van der Waals surface area contributed by atoms with E-state index in [4.69, 9.17) is 31.5 Å². The maximum absolute atomic E-state index is 11.9. The molecular weight excluding hydrogens is 502 g/mol. The van der Waals surface area contributed by atoms with Crippen LogP contribution in [0.5, 0.6) is 0 Å². The Balaban J connectivity index is 1.49. The molecule has 36 heavy (non-hydrogen) atoms. The Morgan fingerprint density at radius 2 is 1.83 bits per heavy atom. The van der Waals surface area contributed by atoms with E-state index in [1.807, 2.05) is 0 Å². The van der Waals surface area contributed by atoms with Crippen LogP contribution in [0.15, 0.2) is 36.7 Å². The number of aliphatic hydroxyl groups is 2. The van der Waals surface area contributed by atoms with Gasteiger partial charge in [-0.15, -0.1) is 0 Å². The number of aliphatic carboxylic acids is 2. The highest BCUT2D eigenvalue weighted by Gasteiger charge is 2.52. The largest absolute Gasteiger partial charge is 0.479 e. The first-order valence-corrected chi connectivity index (χ1v) is 10.9. The lowest BCUT2D eigenvalue weighted by Gasteiger charge is -2.27. The zero-order valence-electron chi connectivity index (χ0n) is 18.5. The van der Waals surface area contributed by atoms with Gasteiger partial charge in [-0.3, -0.25) is 4.57 Å². The number of hydrogen-bond acceptors (Lipinski definition) is 11. The number of carboxylic acids is 2. The van der Waals surface area contributed by atoms with Crippen molar-refractivity contribution in [2.75, 3.05) is 18.9 Å². The summed E-state index contributed by atoms with van der Waals surface area (Å²) in [6, 6.07) is 8.72. The molecule has 0 radical (unpaired) electrons. The summed E-state index contributed by atoms with van der Waals surface area (Å²) in [7, 11) is 0. The number of anilines is 1. The molecule has 2 aromatic heterocycles. The van der Waals surface area contributed by atoms with Crippen molar-refractivity contribution in [3.63, 3.8) is 0 Å². The van der Waals surface area contributed by atoms with Crippen LogP contribution in [0.3, 0.4) is 0 Å². The van der Waals surface area contributed by atoms with Gasteiger partial charge in [0.1, 0.15) is 23.8 Å². The van der Waals surface area contributed by atoms with Crippen LogP contribution in [-0.4, -0.2) is 89.0 Å². The van der Waals surface area contributed by atoms with E-state index in [0.717, 1.165) is 0 Å². The normalized spacial score (nSPS) is 22.2. The van der Waals surface area contributed by atoms with Gasteiger partial charge >= 0.3 is 11.9 Å². The second-order valence-corrected chi connectivity index (χ2v) is 8.31. The number of halogens is 1. The number of nitrogen functional groups attached to an aromatic ring is 1. The second-order valence-electron chi connectivity index (χ2n) is 7.97. The molecule has 0 spiro atoms. The van der Waals surface area contributed by atoms with Gasteiger partial charge < -0.3 is 40.4 Å². The van der Waals surface area contributed by atoms with Crippen molar-refractivity contribution in [1.82, 2.24) is 19.5 Å². The standard InChI is InChI=1S/C21H22ClN5O9/c22-20-25-15(23)12-16(26-20)27(9-24-12)17-14(29)13(28)11(36-17)7-35-21(18(30)31,19(32)33)8-34-6-10-4-2-1-3-5-10/h1-5,9,11,13-14,17,28-29H,6-8H2,(H,30,31)(H,32,33)(H2,23,25,26)/t11-,13+,14-,17-/m1/s1. The molecule has 1 aliphatic rings. The maximum Gasteiger partial charge on any atom is 0.350 e. The van der Waals surface area contributed by atoms with Gasteiger partial charge in [0.05, 0.1) is 26.1 Å². The lowest BCUT2D eigenvalue weighted by molar-refractivity contribution is -0.199. The summed E-state index contributed by atoms with van der Waals surface area (Å²) in [5.41, 5.74) is 3.97.